The third-order valence-electron chi connectivity index (χ3n) is 5.56. The minimum atomic E-state index is -4.91. The highest BCUT2D eigenvalue weighted by Crippen LogP contribution is 2.28. The maximum atomic E-state index is 15.0. The number of carbonyl (C=O) groups is 1. The summed E-state index contributed by atoms with van der Waals surface area (Å²) in [4.78, 5) is 32.6. The number of amides is 1. The molecule has 0 atom stereocenters. The van der Waals surface area contributed by atoms with Gasteiger partial charge in [0, 0.05) is 47.8 Å². The average Bonchev–Trinajstić information content (AvgIpc) is 2.90. The predicted molar refractivity (Wildman–Crippen MR) is 146 cm³/mol. The number of halogens is 7. The Labute approximate surface area is 240 Å². The molecule has 0 fully saturated rings. The molecular formula is C28H25F7N4O4. The number of benzene rings is 2. The highest BCUT2D eigenvalue weighted by atomic mass is 19.4. The molecule has 0 bridgehead atoms. The predicted octanol–water partition coefficient (Wildman–Crippen LogP) is 6.44. The van der Waals surface area contributed by atoms with Crippen LogP contribution in [0.5, 0.6) is 11.5 Å². The Bertz CT molecular complexity index is 1550. The summed E-state index contributed by atoms with van der Waals surface area (Å²) < 4.78 is 98.2. The Morgan fingerprint density at radius 2 is 1.72 bits per heavy atom. The fourth-order valence-electron chi connectivity index (χ4n) is 3.69. The van der Waals surface area contributed by atoms with E-state index in [1.807, 2.05) is 0 Å². The molecule has 230 valence electrons. The van der Waals surface area contributed by atoms with Crippen molar-refractivity contribution in [3.63, 3.8) is 0 Å². The average molecular weight is 615 g/mol. The lowest BCUT2D eigenvalue weighted by Gasteiger charge is -2.14. The number of hydrogen-bond donors (Lipinski definition) is 3. The fraction of sp³-hybridized carbons (Fsp3) is 0.250. The normalized spacial score (nSPS) is 12.4. The quantitative estimate of drug-likeness (QED) is 0.130. The summed E-state index contributed by atoms with van der Waals surface area (Å²) in [5, 5.41) is 2.39. The highest BCUT2D eigenvalue weighted by molar-refractivity contribution is 6.07. The molecule has 0 saturated carbocycles. The summed E-state index contributed by atoms with van der Waals surface area (Å²) >= 11 is 0. The number of aromatic nitrogens is 1. The molecule has 0 saturated heterocycles. The summed E-state index contributed by atoms with van der Waals surface area (Å²) in [6.07, 6.45) is -8.00. The van der Waals surface area contributed by atoms with Crippen molar-refractivity contribution in [2.24, 2.45) is 10.7 Å². The molecule has 0 aliphatic rings. The van der Waals surface area contributed by atoms with Crippen LogP contribution in [0.4, 0.5) is 36.4 Å². The molecule has 2 aromatic carbocycles. The largest absolute Gasteiger partial charge is 0.573 e. The lowest BCUT2D eigenvalue weighted by molar-refractivity contribution is -0.274. The first-order chi connectivity index (χ1) is 20.2. The summed E-state index contributed by atoms with van der Waals surface area (Å²) in [6.45, 7) is 1.85. The molecule has 15 heteroatoms. The zero-order chi connectivity index (χ0) is 31.8. The number of carbonyl (C=O) groups excluding carboxylic acids is 1. The topological polar surface area (TPSA) is 119 Å². The number of hydrogen-bond acceptors (Lipinski definition) is 6. The Hall–Kier alpha value is -4.82. The van der Waals surface area contributed by atoms with E-state index in [-0.39, 0.29) is 47.0 Å². The number of anilines is 1. The number of aromatic amines is 1. The minimum Gasteiger partial charge on any atom is -0.493 e. The van der Waals surface area contributed by atoms with Crippen LogP contribution in [0.3, 0.4) is 0 Å². The van der Waals surface area contributed by atoms with Gasteiger partial charge in [-0.1, -0.05) is 0 Å². The van der Waals surface area contributed by atoms with Crippen LogP contribution >= 0.6 is 0 Å². The van der Waals surface area contributed by atoms with E-state index in [4.69, 9.17) is 10.5 Å². The first-order valence-electron chi connectivity index (χ1n) is 12.6. The van der Waals surface area contributed by atoms with Gasteiger partial charge in [0.1, 0.15) is 22.9 Å². The molecule has 8 nitrogen and oxygen atoms in total. The Kier molecular flexibility index (Phi) is 10.6. The van der Waals surface area contributed by atoms with Gasteiger partial charge >= 0.3 is 12.5 Å². The second-order valence-electron chi connectivity index (χ2n) is 8.81. The van der Waals surface area contributed by atoms with E-state index >= 15 is 4.39 Å². The molecular weight excluding hydrogens is 589 g/mol. The third kappa shape index (κ3) is 9.90. The van der Waals surface area contributed by atoms with E-state index in [0.29, 0.717) is 6.54 Å². The van der Waals surface area contributed by atoms with Crippen molar-refractivity contribution in [1.29, 1.82) is 0 Å². The molecule has 1 heterocycles. The van der Waals surface area contributed by atoms with Crippen LogP contribution in [-0.2, 0) is 0 Å². The smallest absolute Gasteiger partial charge is 0.493 e. The number of nitrogens with zero attached hydrogens (tertiary/aromatic N) is 1. The van der Waals surface area contributed by atoms with Crippen LogP contribution in [0.1, 0.15) is 35.7 Å². The van der Waals surface area contributed by atoms with Crippen molar-refractivity contribution >= 4 is 23.5 Å². The SMILES string of the molecule is CCN=CC=C(N)c1cc(-c2ccc(OCCCC(F)(F)F)cc2F)[nH]c(=O)c1C(=O)Nc1ccc(OC(F)(F)F)cc1. The lowest BCUT2D eigenvalue weighted by atomic mass is 10.0. The van der Waals surface area contributed by atoms with E-state index in [9.17, 15) is 35.9 Å². The van der Waals surface area contributed by atoms with E-state index in [1.165, 1.54) is 30.5 Å². The number of allylic oxidation sites excluding steroid dienone is 1. The van der Waals surface area contributed by atoms with Crippen molar-refractivity contribution < 1.29 is 45.0 Å². The molecule has 3 rings (SSSR count). The van der Waals surface area contributed by atoms with Crippen LogP contribution in [0, 0.1) is 5.82 Å². The van der Waals surface area contributed by atoms with E-state index in [0.717, 1.165) is 30.3 Å². The number of pyridine rings is 1. The number of aliphatic imine (C=N–C) groups is 1. The number of H-pyrrole nitrogens is 1. The number of ether oxygens (including phenoxy) is 2. The Morgan fingerprint density at radius 3 is 2.33 bits per heavy atom. The van der Waals surface area contributed by atoms with Gasteiger partial charge in [0.25, 0.3) is 11.5 Å². The van der Waals surface area contributed by atoms with Crippen LogP contribution in [0.2, 0.25) is 0 Å². The van der Waals surface area contributed by atoms with Crippen molar-refractivity contribution in [2.45, 2.75) is 32.3 Å². The first-order valence-corrected chi connectivity index (χ1v) is 12.6. The van der Waals surface area contributed by atoms with Gasteiger partial charge in [-0.3, -0.25) is 14.6 Å². The van der Waals surface area contributed by atoms with Crippen molar-refractivity contribution in [3.8, 4) is 22.8 Å². The van der Waals surface area contributed by atoms with Crippen molar-refractivity contribution in [3.05, 3.63) is 81.9 Å². The highest BCUT2D eigenvalue weighted by Gasteiger charge is 2.31. The molecule has 0 unspecified atom stereocenters. The van der Waals surface area contributed by atoms with Crippen molar-refractivity contribution in [2.75, 3.05) is 18.5 Å². The maximum Gasteiger partial charge on any atom is 0.573 e. The Morgan fingerprint density at radius 1 is 1.05 bits per heavy atom. The standard InChI is InChI=1S/C28H25F7N4O4/c1-2-37-12-10-22(36)20-15-23(19-9-8-18(14-21(19)29)42-13-3-11-27(30,31)32)39-26(41)24(20)25(40)38-16-4-6-17(7-5-16)43-28(33,34)35/h4-10,12,14-15H,2-3,11,13,36H2,1H3,(H,38,40)(H,39,41). The van der Waals surface area contributed by atoms with Gasteiger partial charge in [0.2, 0.25) is 0 Å². The molecule has 1 aromatic heterocycles. The molecule has 4 N–H and O–H groups in total. The molecule has 43 heavy (non-hydrogen) atoms. The van der Waals surface area contributed by atoms with E-state index < -0.39 is 47.6 Å². The summed E-state index contributed by atoms with van der Waals surface area (Å²) in [5.41, 5.74) is 4.29. The number of nitrogens with two attached hydrogens (primary N) is 1. The molecule has 1 amide bonds. The minimum absolute atomic E-state index is 0.0286. The molecule has 0 radical (unpaired) electrons. The van der Waals surface area contributed by atoms with E-state index in [1.54, 1.807) is 6.92 Å². The van der Waals surface area contributed by atoms with Gasteiger partial charge in [-0.15, -0.1) is 13.2 Å². The van der Waals surface area contributed by atoms with Gasteiger partial charge in [-0.25, -0.2) is 4.39 Å². The summed E-state index contributed by atoms with van der Waals surface area (Å²) in [6, 6.07) is 8.85. The van der Waals surface area contributed by atoms with Crippen LogP contribution < -0.4 is 26.1 Å². The fourth-order valence-corrected chi connectivity index (χ4v) is 3.69. The zero-order valence-corrected chi connectivity index (χ0v) is 22.4. The summed E-state index contributed by atoms with van der Waals surface area (Å²) in [5.74, 6) is -2.43. The number of rotatable bonds is 11. The van der Waals surface area contributed by atoms with E-state index in [2.05, 4.69) is 20.0 Å². The monoisotopic (exact) mass is 614 g/mol. The second kappa shape index (κ2) is 13.9. The molecule has 0 aliphatic heterocycles. The lowest BCUT2D eigenvalue weighted by Crippen LogP contribution is -2.27. The zero-order valence-electron chi connectivity index (χ0n) is 22.4. The number of alkyl halides is 6. The van der Waals surface area contributed by atoms with Crippen LogP contribution in [-0.4, -0.2) is 42.8 Å². The second-order valence-corrected chi connectivity index (χ2v) is 8.81. The maximum absolute atomic E-state index is 15.0. The molecule has 0 aliphatic carbocycles. The molecule has 3 aromatic rings. The van der Waals surface area contributed by atoms with Crippen LogP contribution in [0.15, 0.2) is 64.4 Å². The number of nitrogens with one attached hydrogen (secondary N) is 2. The van der Waals surface area contributed by atoms with Gasteiger partial charge in [-0.2, -0.15) is 13.2 Å². The van der Waals surface area contributed by atoms with Gasteiger partial charge < -0.3 is 25.5 Å². The summed E-state index contributed by atoms with van der Waals surface area (Å²) in [7, 11) is 0. The Balaban J connectivity index is 1.93. The van der Waals surface area contributed by atoms with Crippen molar-refractivity contribution in [1.82, 2.24) is 4.98 Å². The van der Waals surface area contributed by atoms with Gasteiger partial charge in [0.15, 0.2) is 0 Å². The first kappa shape index (κ1) is 32.7. The molecule has 0 spiro atoms. The van der Waals surface area contributed by atoms with Gasteiger partial charge in [0.05, 0.1) is 12.3 Å². The van der Waals surface area contributed by atoms with Crippen LogP contribution in [0.25, 0.3) is 17.0 Å². The van der Waals surface area contributed by atoms with Gasteiger partial charge in [-0.05, 0) is 61.9 Å². The third-order valence-corrected chi connectivity index (χ3v) is 5.56.